The molecule has 3 aromatic rings. The van der Waals surface area contributed by atoms with Gasteiger partial charge < -0.3 is 9.47 Å². The van der Waals surface area contributed by atoms with Gasteiger partial charge in [-0.3, -0.25) is 0 Å². The first-order valence-electron chi connectivity index (χ1n) is 9.48. The standard InChI is InChI=1S/C23H23NO3/c1-3-27-23(25)16-10-13-21-20(14-16)18-6-4-5-7-19(18)22(24-21)15-8-11-17(26-2)12-9-15/h8-14H,3-7H2,1-2H3. The average molecular weight is 361 g/mol. The molecule has 138 valence electrons. The summed E-state index contributed by atoms with van der Waals surface area (Å²) < 4.78 is 10.4. The quantitative estimate of drug-likeness (QED) is 0.616. The number of rotatable bonds is 4. The van der Waals surface area contributed by atoms with Crippen LogP contribution in [0.5, 0.6) is 5.75 Å². The lowest BCUT2D eigenvalue weighted by molar-refractivity contribution is 0.0526. The van der Waals surface area contributed by atoms with Gasteiger partial charge in [0.2, 0.25) is 0 Å². The summed E-state index contributed by atoms with van der Waals surface area (Å²) in [5.41, 5.74) is 6.29. The van der Waals surface area contributed by atoms with Crippen LogP contribution < -0.4 is 4.74 Å². The molecule has 27 heavy (non-hydrogen) atoms. The van der Waals surface area contributed by atoms with E-state index in [2.05, 4.69) is 12.1 Å². The van der Waals surface area contributed by atoms with Crippen molar-refractivity contribution in [2.75, 3.05) is 13.7 Å². The van der Waals surface area contributed by atoms with Crippen LogP contribution >= 0.6 is 0 Å². The van der Waals surface area contributed by atoms with Crippen molar-refractivity contribution in [1.82, 2.24) is 4.98 Å². The Balaban J connectivity index is 1.88. The molecule has 1 aliphatic carbocycles. The van der Waals surface area contributed by atoms with Crippen LogP contribution in [0, 0.1) is 0 Å². The lowest BCUT2D eigenvalue weighted by Crippen LogP contribution is -2.09. The van der Waals surface area contributed by atoms with E-state index >= 15 is 0 Å². The average Bonchev–Trinajstić information content (AvgIpc) is 2.73. The lowest BCUT2D eigenvalue weighted by Gasteiger charge is -2.21. The van der Waals surface area contributed by atoms with Gasteiger partial charge in [-0.1, -0.05) is 0 Å². The van der Waals surface area contributed by atoms with Crippen molar-refractivity contribution in [3.8, 4) is 17.0 Å². The van der Waals surface area contributed by atoms with Crippen LogP contribution in [0.3, 0.4) is 0 Å². The van der Waals surface area contributed by atoms with Crippen LogP contribution in [-0.4, -0.2) is 24.7 Å². The molecule has 0 bridgehead atoms. The minimum atomic E-state index is -0.275. The van der Waals surface area contributed by atoms with Crippen LogP contribution in [0.1, 0.15) is 41.3 Å². The molecular weight excluding hydrogens is 338 g/mol. The van der Waals surface area contributed by atoms with Gasteiger partial charge in [0.05, 0.1) is 30.5 Å². The highest BCUT2D eigenvalue weighted by atomic mass is 16.5. The fourth-order valence-corrected chi connectivity index (χ4v) is 3.86. The van der Waals surface area contributed by atoms with Gasteiger partial charge in [-0.05, 0) is 86.2 Å². The molecule has 1 aromatic heterocycles. The molecule has 0 N–H and O–H groups in total. The number of nitrogens with zero attached hydrogens (tertiary/aromatic N) is 1. The van der Waals surface area contributed by atoms with Crippen molar-refractivity contribution in [3.05, 3.63) is 59.2 Å². The molecule has 0 atom stereocenters. The molecule has 0 saturated heterocycles. The van der Waals surface area contributed by atoms with Crippen molar-refractivity contribution < 1.29 is 14.3 Å². The van der Waals surface area contributed by atoms with Crippen LogP contribution in [0.15, 0.2) is 42.5 Å². The van der Waals surface area contributed by atoms with E-state index in [-0.39, 0.29) is 5.97 Å². The third-order valence-corrected chi connectivity index (χ3v) is 5.18. The topological polar surface area (TPSA) is 48.4 Å². The highest BCUT2D eigenvalue weighted by Gasteiger charge is 2.20. The van der Waals surface area contributed by atoms with Crippen molar-refractivity contribution in [2.45, 2.75) is 32.6 Å². The first-order valence-corrected chi connectivity index (χ1v) is 9.48. The second-order valence-corrected chi connectivity index (χ2v) is 6.81. The largest absolute Gasteiger partial charge is 0.497 e. The molecule has 0 fully saturated rings. The van der Waals surface area contributed by atoms with Crippen molar-refractivity contribution in [2.24, 2.45) is 0 Å². The molecule has 4 rings (SSSR count). The Hall–Kier alpha value is -2.88. The van der Waals surface area contributed by atoms with E-state index in [9.17, 15) is 4.79 Å². The Labute approximate surface area is 159 Å². The monoisotopic (exact) mass is 361 g/mol. The molecule has 4 heteroatoms. The molecule has 0 spiro atoms. The summed E-state index contributed by atoms with van der Waals surface area (Å²) >= 11 is 0. The summed E-state index contributed by atoms with van der Waals surface area (Å²) in [4.78, 5) is 17.1. The molecule has 0 amide bonds. The fourth-order valence-electron chi connectivity index (χ4n) is 3.86. The molecule has 1 aliphatic rings. The van der Waals surface area contributed by atoms with E-state index in [1.807, 2.05) is 31.2 Å². The summed E-state index contributed by atoms with van der Waals surface area (Å²) in [6, 6.07) is 13.8. The minimum absolute atomic E-state index is 0.275. The number of methoxy groups -OCH3 is 1. The van der Waals surface area contributed by atoms with Crippen LogP contribution in [0.4, 0.5) is 0 Å². The van der Waals surface area contributed by atoms with Gasteiger partial charge in [0.1, 0.15) is 5.75 Å². The molecule has 1 heterocycles. The molecule has 4 nitrogen and oxygen atoms in total. The second kappa shape index (κ2) is 7.39. The minimum Gasteiger partial charge on any atom is -0.497 e. The second-order valence-electron chi connectivity index (χ2n) is 6.81. The van der Waals surface area contributed by atoms with E-state index in [1.54, 1.807) is 13.2 Å². The van der Waals surface area contributed by atoms with E-state index in [4.69, 9.17) is 14.5 Å². The number of pyridine rings is 1. The van der Waals surface area contributed by atoms with Gasteiger partial charge in [-0.25, -0.2) is 9.78 Å². The van der Waals surface area contributed by atoms with E-state index in [1.165, 1.54) is 17.5 Å². The molecule has 0 saturated carbocycles. The molecular formula is C23H23NO3. The highest BCUT2D eigenvalue weighted by molar-refractivity contribution is 5.96. The highest BCUT2D eigenvalue weighted by Crippen LogP contribution is 2.36. The van der Waals surface area contributed by atoms with Gasteiger partial charge in [0.25, 0.3) is 0 Å². The van der Waals surface area contributed by atoms with Gasteiger partial charge >= 0.3 is 5.97 Å². The summed E-state index contributed by atoms with van der Waals surface area (Å²) in [6.45, 7) is 2.20. The normalized spacial score (nSPS) is 13.3. The number of fused-ring (bicyclic) bond motifs is 3. The third kappa shape index (κ3) is 3.27. The lowest BCUT2D eigenvalue weighted by atomic mass is 9.86. The number of aryl methyl sites for hydroxylation is 1. The number of ether oxygens (including phenoxy) is 2. The van der Waals surface area contributed by atoms with Crippen molar-refractivity contribution >= 4 is 16.9 Å². The zero-order valence-corrected chi connectivity index (χ0v) is 15.7. The number of carbonyl (C=O) groups is 1. The SMILES string of the molecule is CCOC(=O)c1ccc2nc(-c3ccc(OC)cc3)c3c(c2c1)CCCC3. The number of benzene rings is 2. The summed E-state index contributed by atoms with van der Waals surface area (Å²) in [5, 5.41) is 1.08. The molecule has 0 radical (unpaired) electrons. The maximum absolute atomic E-state index is 12.2. The van der Waals surface area contributed by atoms with Crippen LogP contribution in [0.2, 0.25) is 0 Å². The molecule has 0 unspecified atom stereocenters. The van der Waals surface area contributed by atoms with Gasteiger partial charge in [0, 0.05) is 10.9 Å². The van der Waals surface area contributed by atoms with Gasteiger partial charge in [-0.2, -0.15) is 0 Å². The number of esters is 1. The zero-order chi connectivity index (χ0) is 18.8. The van der Waals surface area contributed by atoms with Crippen LogP contribution in [0.25, 0.3) is 22.2 Å². The van der Waals surface area contributed by atoms with Crippen molar-refractivity contribution in [3.63, 3.8) is 0 Å². The molecule has 2 aromatic carbocycles. The fraction of sp³-hybridized carbons (Fsp3) is 0.304. The summed E-state index contributed by atoms with van der Waals surface area (Å²) in [7, 11) is 1.67. The smallest absolute Gasteiger partial charge is 0.338 e. The Morgan fingerprint density at radius 2 is 1.78 bits per heavy atom. The van der Waals surface area contributed by atoms with E-state index < -0.39 is 0 Å². The molecule has 0 aliphatic heterocycles. The Kier molecular flexibility index (Phi) is 4.80. The van der Waals surface area contributed by atoms with Crippen LogP contribution in [-0.2, 0) is 17.6 Å². The van der Waals surface area contributed by atoms with Gasteiger partial charge in [-0.15, -0.1) is 0 Å². The third-order valence-electron chi connectivity index (χ3n) is 5.18. The van der Waals surface area contributed by atoms with Gasteiger partial charge in [0.15, 0.2) is 0 Å². The summed E-state index contributed by atoms with van der Waals surface area (Å²) in [6.07, 6.45) is 4.37. The summed E-state index contributed by atoms with van der Waals surface area (Å²) in [5.74, 6) is 0.565. The van der Waals surface area contributed by atoms with Crippen molar-refractivity contribution in [1.29, 1.82) is 0 Å². The Morgan fingerprint density at radius 1 is 1.04 bits per heavy atom. The first kappa shape index (κ1) is 17.5. The Morgan fingerprint density at radius 3 is 2.48 bits per heavy atom. The first-order chi connectivity index (χ1) is 13.2. The predicted molar refractivity (Wildman–Crippen MR) is 106 cm³/mol. The number of carbonyl (C=O) groups excluding carboxylic acids is 1. The number of hydrogen-bond acceptors (Lipinski definition) is 4. The van der Waals surface area contributed by atoms with E-state index in [0.717, 1.165) is 47.2 Å². The van der Waals surface area contributed by atoms with E-state index in [0.29, 0.717) is 12.2 Å². The Bertz CT molecular complexity index is 993. The zero-order valence-electron chi connectivity index (χ0n) is 15.7. The number of aromatic nitrogens is 1. The predicted octanol–water partition coefficient (Wildman–Crippen LogP) is 4.97. The number of hydrogen-bond donors (Lipinski definition) is 0. The maximum atomic E-state index is 12.2. The maximum Gasteiger partial charge on any atom is 0.338 e.